The lowest BCUT2D eigenvalue weighted by molar-refractivity contribution is -0.385. The number of nitrogens with two attached hydrogens (primary N) is 1. The van der Waals surface area contributed by atoms with E-state index in [1.807, 2.05) is 19.1 Å². The van der Waals surface area contributed by atoms with E-state index in [9.17, 15) is 10.1 Å². The van der Waals surface area contributed by atoms with Crippen molar-refractivity contribution >= 4 is 21.6 Å². The third kappa shape index (κ3) is 3.34. The van der Waals surface area contributed by atoms with Crippen LogP contribution in [-0.2, 0) is 0 Å². The van der Waals surface area contributed by atoms with Gasteiger partial charge in [-0.1, -0.05) is 28.1 Å². The first-order valence-electron chi connectivity index (χ1n) is 5.94. The third-order valence-electron chi connectivity index (χ3n) is 2.75. The van der Waals surface area contributed by atoms with Crippen LogP contribution in [0.3, 0.4) is 0 Å². The SMILES string of the molecule is C[C@H](N)c1ccc(Oc2ccc(Br)cc2[N+](=O)[O-])cc1. The molecule has 0 amide bonds. The van der Waals surface area contributed by atoms with Crippen LogP contribution in [0.1, 0.15) is 18.5 Å². The maximum Gasteiger partial charge on any atom is 0.312 e. The molecule has 2 N–H and O–H groups in total. The van der Waals surface area contributed by atoms with Crippen molar-refractivity contribution in [3.05, 3.63) is 62.6 Å². The highest BCUT2D eigenvalue weighted by Gasteiger charge is 2.16. The number of ether oxygens (including phenoxy) is 1. The highest BCUT2D eigenvalue weighted by atomic mass is 79.9. The highest BCUT2D eigenvalue weighted by molar-refractivity contribution is 9.10. The zero-order chi connectivity index (χ0) is 14.7. The highest BCUT2D eigenvalue weighted by Crippen LogP contribution is 2.33. The number of rotatable bonds is 4. The van der Waals surface area contributed by atoms with E-state index in [4.69, 9.17) is 10.5 Å². The standard InChI is InChI=1S/C14H13BrN2O3/c1-9(16)10-2-5-12(6-3-10)20-14-7-4-11(15)8-13(14)17(18)19/h2-9H,16H2,1H3/t9-/m0/s1. The normalized spacial score (nSPS) is 11.9. The summed E-state index contributed by atoms with van der Waals surface area (Å²) in [4.78, 5) is 10.5. The van der Waals surface area contributed by atoms with Crippen LogP contribution < -0.4 is 10.5 Å². The van der Waals surface area contributed by atoms with Crippen LogP contribution in [0.2, 0.25) is 0 Å². The second kappa shape index (κ2) is 6.02. The molecule has 0 aliphatic heterocycles. The maximum absolute atomic E-state index is 11.0. The van der Waals surface area contributed by atoms with Gasteiger partial charge in [-0.25, -0.2) is 0 Å². The van der Waals surface area contributed by atoms with Crippen molar-refractivity contribution in [1.82, 2.24) is 0 Å². The van der Waals surface area contributed by atoms with E-state index in [1.165, 1.54) is 6.07 Å². The number of hydrogen-bond donors (Lipinski definition) is 1. The Morgan fingerprint density at radius 3 is 2.45 bits per heavy atom. The number of nitro groups is 1. The Bertz CT molecular complexity index is 627. The van der Waals surface area contributed by atoms with E-state index in [1.54, 1.807) is 24.3 Å². The quantitative estimate of drug-likeness (QED) is 0.671. The van der Waals surface area contributed by atoms with Gasteiger partial charge in [-0.2, -0.15) is 0 Å². The fourth-order valence-electron chi connectivity index (χ4n) is 1.69. The lowest BCUT2D eigenvalue weighted by atomic mass is 10.1. The molecular formula is C14H13BrN2O3. The van der Waals surface area contributed by atoms with Crippen LogP contribution in [0.4, 0.5) is 5.69 Å². The molecule has 0 heterocycles. The molecule has 2 aromatic rings. The number of hydrogen-bond acceptors (Lipinski definition) is 4. The van der Waals surface area contributed by atoms with Crippen LogP contribution in [0.25, 0.3) is 0 Å². The van der Waals surface area contributed by atoms with Gasteiger partial charge in [0.05, 0.1) is 4.92 Å². The molecule has 0 spiro atoms. The van der Waals surface area contributed by atoms with Gasteiger partial charge in [0.1, 0.15) is 5.75 Å². The predicted molar refractivity (Wildman–Crippen MR) is 79.9 cm³/mol. The Morgan fingerprint density at radius 2 is 1.90 bits per heavy atom. The molecule has 2 rings (SSSR count). The molecule has 0 fully saturated rings. The van der Waals surface area contributed by atoms with Crippen molar-refractivity contribution < 1.29 is 9.66 Å². The summed E-state index contributed by atoms with van der Waals surface area (Å²) in [6.07, 6.45) is 0. The molecular weight excluding hydrogens is 324 g/mol. The Balaban J connectivity index is 2.28. The van der Waals surface area contributed by atoms with Gasteiger partial charge in [0.2, 0.25) is 5.75 Å². The van der Waals surface area contributed by atoms with Crippen LogP contribution in [0, 0.1) is 10.1 Å². The van der Waals surface area contributed by atoms with Crippen LogP contribution in [0.5, 0.6) is 11.5 Å². The average Bonchev–Trinajstić information content (AvgIpc) is 2.41. The molecule has 2 aromatic carbocycles. The van der Waals surface area contributed by atoms with Gasteiger partial charge in [0.15, 0.2) is 0 Å². The van der Waals surface area contributed by atoms with E-state index in [2.05, 4.69) is 15.9 Å². The molecule has 104 valence electrons. The summed E-state index contributed by atoms with van der Waals surface area (Å²) in [5.74, 6) is 0.728. The minimum absolute atomic E-state index is 0.0638. The van der Waals surface area contributed by atoms with E-state index in [-0.39, 0.29) is 17.5 Å². The van der Waals surface area contributed by atoms with Crippen LogP contribution in [0.15, 0.2) is 46.9 Å². The summed E-state index contributed by atoms with van der Waals surface area (Å²) in [5.41, 5.74) is 6.65. The molecule has 0 saturated heterocycles. The van der Waals surface area contributed by atoms with Gasteiger partial charge in [-0.05, 0) is 36.8 Å². The number of nitrogens with zero attached hydrogens (tertiary/aromatic N) is 1. The van der Waals surface area contributed by atoms with Gasteiger partial charge in [0, 0.05) is 16.6 Å². The van der Waals surface area contributed by atoms with Crippen LogP contribution >= 0.6 is 15.9 Å². The summed E-state index contributed by atoms with van der Waals surface area (Å²) < 4.78 is 6.19. The second-order valence-corrected chi connectivity index (χ2v) is 5.24. The Labute approximate surface area is 124 Å². The summed E-state index contributed by atoms with van der Waals surface area (Å²) in [7, 11) is 0. The van der Waals surface area contributed by atoms with Gasteiger partial charge in [-0.15, -0.1) is 0 Å². The summed E-state index contributed by atoms with van der Waals surface area (Å²) >= 11 is 3.20. The zero-order valence-electron chi connectivity index (χ0n) is 10.7. The number of benzene rings is 2. The molecule has 5 nitrogen and oxygen atoms in total. The lowest BCUT2D eigenvalue weighted by Crippen LogP contribution is -2.04. The molecule has 20 heavy (non-hydrogen) atoms. The molecule has 0 bridgehead atoms. The predicted octanol–water partition coefficient (Wildman–Crippen LogP) is 4.17. The fourth-order valence-corrected chi connectivity index (χ4v) is 2.03. The average molecular weight is 337 g/mol. The first kappa shape index (κ1) is 14.5. The molecule has 0 aliphatic rings. The Morgan fingerprint density at radius 1 is 1.25 bits per heavy atom. The van der Waals surface area contributed by atoms with Crippen LogP contribution in [-0.4, -0.2) is 4.92 Å². The molecule has 0 radical (unpaired) electrons. The summed E-state index contributed by atoms with van der Waals surface area (Å²) in [6.45, 7) is 1.88. The van der Waals surface area contributed by atoms with Crippen molar-refractivity contribution in [3.8, 4) is 11.5 Å². The Kier molecular flexibility index (Phi) is 4.36. The van der Waals surface area contributed by atoms with Crippen molar-refractivity contribution in [1.29, 1.82) is 0 Å². The van der Waals surface area contributed by atoms with E-state index < -0.39 is 4.92 Å². The van der Waals surface area contributed by atoms with Crippen molar-refractivity contribution in [2.24, 2.45) is 5.73 Å². The largest absolute Gasteiger partial charge is 0.450 e. The number of nitro benzene ring substituents is 1. The fraction of sp³-hybridized carbons (Fsp3) is 0.143. The molecule has 0 aromatic heterocycles. The molecule has 0 unspecified atom stereocenters. The van der Waals surface area contributed by atoms with E-state index in [0.29, 0.717) is 10.2 Å². The minimum Gasteiger partial charge on any atom is -0.450 e. The van der Waals surface area contributed by atoms with Crippen molar-refractivity contribution in [2.45, 2.75) is 13.0 Å². The Hall–Kier alpha value is -1.92. The van der Waals surface area contributed by atoms with E-state index in [0.717, 1.165) is 5.56 Å². The van der Waals surface area contributed by atoms with Gasteiger partial charge in [0.25, 0.3) is 0 Å². The topological polar surface area (TPSA) is 78.4 Å². The summed E-state index contributed by atoms with van der Waals surface area (Å²) in [6, 6.07) is 11.8. The monoisotopic (exact) mass is 336 g/mol. The van der Waals surface area contributed by atoms with Gasteiger partial charge >= 0.3 is 5.69 Å². The van der Waals surface area contributed by atoms with E-state index >= 15 is 0 Å². The zero-order valence-corrected chi connectivity index (χ0v) is 12.3. The van der Waals surface area contributed by atoms with Gasteiger partial charge in [-0.3, -0.25) is 10.1 Å². The minimum atomic E-state index is -0.476. The smallest absolute Gasteiger partial charge is 0.312 e. The number of halogens is 1. The summed E-state index contributed by atoms with van der Waals surface area (Å²) in [5, 5.41) is 11.0. The first-order valence-corrected chi connectivity index (χ1v) is 6.74. The van der Waals surface area contributed by atoms with Gasteiger partial charge < -0.3 is 10.5 Å². The second-order valence-electron chi connectivity index (χ2n) is 4.33. The molecule has 1 atom stereocenters. The van der Waals surface area contributed by atoms with Crippen molar-refractivity contribution in [3.63, 3.8) is 0 Å². The molecule has 6 heteroatoms. The molecule has 0 saturated carbocycles. The van der Waals surface area contributed by atoms with Crippen molar-refractivity contribution in [2.75, 3.05) is 0 Å². The lowest BCUT2D eigenvalue weighted by Gasteiger charge is -2.09. The third-order valence-corrected chi connectivity index (χ3v) is 3.24. The molecule has 0 aliphatic carbocycles. The first-order chi connectivity index (χ1) is 9.47. The maximum atomic E-state index is 11.0.